The van der Waals surface area contributed by atoms with E-state index in [0.717, 1.165) is 16.8 Å². The molecule has 0 aliphatic heterocycles. The zero-order chi connectivity index (χ0) is 11.4. The molecule has 0 aliphatic rings. The number of nitrogens with one attached hydrogen (secondary N) is 1. The lowest BCUT2D eigenvalue weighted by Gasteiger charge is -2.16. The maximum absolute atomic E-state index is 5.56. The van der Waals surface area contributed by atoms with Gasteiger partial charge >= 0.3 is 0 Å². The van der Waals surface area contributed by atoms with Gasteiger partial charge in [-0.1, -0.05) is 0 Å². The molecule has 2 heterocycles. The van der Waals surface area contributed by atoms with Gasteiger partial charge in [0, 0.05) is 24.8 Å². The van der Waals surface area contributed by atoms with Crippen LogP contribution in [-0.2, 0) is 0 Å². The van der Waals surface area contributed by atoms with Crippen LogP contribution < -0.4 is 11.3 Å². The van der Waals surface area contributed by atoms with Crippen LogP contribution in [0.5, 0.6) is 0 Å². The SMILES string of the molecule is Cc1ccncc1C(NN)c1cnccn1. The first-order valence-electron chi connectivity index (χ1n) is 4.95. The normalized spacial score (nSPS) is 12.4. The van der Waals surface area contributed by atoms with Crippen LogP contribution in [0.25, 0.3) is 0 Å². The molecule has 3 N–H and O–H groups in total. The Bertz CT molecular complexity index is 457. The molecule has 0 spiro atoms. The average Bonchev–Trinajstić information content (AvgIpc) is 2.34. The molecule has 0 saturated carbocycles. The van der Waals surface area contributed by atoms with Gasteiger partial charge in [-0.25, -0.2) is 5.43 Å². The molecule has 2 aromatic heterocycles. The summed E-state index contributed by atoms with van der Waals surface area (Å²) < 4.78 is 0. The fraction of sp³-hybridized carbons (Fsp3) is 0.182. The zero-order valence-corrected chi connectivity index (χ0v) is 8.96. The second kappa shape index (κ2) is 4.78. The molecule has 0 bridgehead atoms. The summed E-state index contributed by atoms with van der Waals surface area (Å²) in [4.78, 5) is 12.4. The summed E-state index contributed by atoms with van der Waals surface area (Å²) in [6.07, 6.45) is 8.51. The molecule has 1 unspecified atom stereocenters. The molecule has 0 aromatic carbocycles. The number of nitrogens with two attached hydrogens (primary N) is 1. The van der Waals surface area contributed by atoms with E-state index in [4.69, 9.17) is 5.84 Å². The molecule has 0 amide bonds. The van der Waals surface area contributed by atoms with Crippen LogP contribution in [0, 0.1) is 6.92 Å². The molecule has 16 heavy (non-hydrogen) atoms. The minimum absolute atomic E-state index is 0.178. The largest absolute Gasteiger partial charge is 0.271 e. The maximum atomic E-state index is 5.56. The van der Waals surface area contributed by atoms with Crippen molar-refractivity contribution in [1.29, 1.82) is 0 Å². The van der Waals surface area contributed by atoms with Crippen LogP contribution in [-0.4, -0.2) is 15.0 Å². The zero-order valence-electron chi connectivity index (χ0n) is 8.96. The number of nitrogens with zero attached hydrogens (tertiary/aromatic N) is 3. The van der Waals surface area contributed by atoms with Crippen molar-refractivity contribution in [3.63, 3.8) is 0 Å². The minimum atomic E-state index is -0.178. The Morgan fingerprint density at radius 1 is 1.19 bits per heavy atom. The van der Waals surface area contributed by atoms with Crippen molar-refractivity contribution in [2.75, 3.05) is 0 Å². The standard InChI is InChI=1S/C11H13N5/c1-8-2-3-13-6-9(8)11(16-12)10-7-14-4-5-15-10/h2-7,11,16H,12H2,1H3. The van der Waals surface area contributed by atoms with Gasteiger partial charge in [-0.05, 0) is 24.1 Å². The van der Waals surface area contributed by atoms with Crippen LogP contribution in [0.1, 0.15) is 22.9 Å². The molecule has 0 radical (unpaired) electrons. The fourth-order valence-corrected chi connectivity index (χ4v) is 1.57. The first kappa shape index (κ1) is 10.7. The van der Waals surface area contributed by atoms with Crippen molar-refractivity contribution in [2.24, 2.45) is 5.84 Å². The summed E-state index contributed by atoms with van der Waals surface area (Å²) in [6, 6.07) is 1.76. The summed E-state index contributed by atoms with van der Waals surface area (Å²) in [5, 5.41) is 0. The van der Waals surface area contributed by atoms with Crippen molar-refractivity contribution < 1.29 is 0 Å². The number of aromatic nitrogens is 3. The Labute approximate surface area is 93.7 Å². The Kier molecular flexibility index (Phi) is 3.19. The van der Waals surface area contributed by atoms with Gasteiger partial charge in [0.25, 0.3) is 0 Å². The first-order valence-corrected chi connectivity index (χ1v) is 4.95. The van der Waals surface area contributed by atoms with Gasteiger partial charge in [-0.15, -0.1) is 0 Å². The van der Waals surface area contributed by atoms with Crippen LogP contribution in [0.2, 0.25) is 0 Å². The predicted octanol–water partition coefficient (Wildman–Crippen LogP) is 0.733. The number of hydrazine groups is 1. The van der Waals surface area contributed by atoms with Crippen molar-refractivity contribution >= 4 is 0 Å². The summed E-state index contributed by atoms with van der Waals surface area (Å²) in [5.41, 5.74) is 5.63. The van der Waals surface area contributed by atoms with Crippen molar-refractivity contribution in [2.45, 2.75) is 13.0 Å². The Morgan fingerprint density at radius 2 is 2.00 bits per heavy atom. The molecule has 5 nitrogen and oxygen atoms in total. The number of hydrogen-bond donors (Lipinski definition) is 2. The Hall–Kier alpha value is -1.85. The molecule has 5 heteroatoms. The highest BCUT2D eigenvalue weighted by Crippen LogP contribution is 2.20. The lowest BCUT2D eigenvalue weighted by Crippen LogP contribution is -2.30. The van der Waals surface area contributed by atoms with E-state index in [2.05, 4.69) is 20.4 Å². The second-order valence-corrected chi connectivity index (χ2v) is 3.46. The van der Waals surface area contributed by atoms with E-state index in [1.54, 1.807) is 31.0 Å². The number of aryl methyl sites for hydroxylation is 1. The van der Waals surface area contributed by atoms with Crippen molar-refractivity contribution in [1.82, 2.24) is 20.4 Å². The molecule has 2 rings (SSSR count). The second-order valence-electron chi connectivity index (χ2n) is 3.46. The smallest absolute Gasteiger partial charge is 0.0914 e. The van der Waals surface area contributed by atoms with E-state index in [-0.39, 0.29) is 6.04 Å². The monoisotopic (exact) mass is 215 g/mol. The average molecular weight is 215 g/mol. The van der Waals surface area contributed by atoms with E-state index in [1.165, 1.54) is 0 Å². The lowest BCUT2D eigenvalue weighted by molar-refractivity contribution is 0.612. The summed E-state index contributed by atoms with van der Waals surface area (Å²) in [7, 11) is 0. The number of hydrogen-bond acceptors (Lipinski definition) is 5. The van der Waals surface area contributed by atoms with Gasteiger partial charge in [0.2, 0.25) is 0 Å². The molecule has 2 aromatic rings. The van der Waals surface area contributed by atoms with Gasteiger partial charge in [0.15, 0.2) is 0 Å². The third kappa shape index (κ3) is 2.05. The van der Waals surface area contributed by atoms with Crippen molar-refractivity contribution in [3.05, 3.63) is 53.9 Å². The van der Waals surface area contributed by atoms with Crippen LogP contribution in [0.3, 0.4) is 0 Å². The van der Waals surface area contributed by atoms with Gasteiger partial charge in [0.1, 0.15) is 0 Å². The van der Waals surface area contributed by atoms with Gasteiger partial charge in [-0.3, -0.25) is 20.8 Å². The molecular weight excluding hydrogens is 202 g/mol. The van der Waals surface area contributed by atoms with E-state index < -0.39 is 0 Å². The van der Waals surface area contributed by atoms with Crippen LogP contribution >= 0.6 is 0 Å². The first-order chi connectivity index (χ1) is 7.83. The van der Waals surface area contributed by atoms with Gasteiger partial charge in [-0.2, -0.15) is 0 Å². The third-order valence-electron chi connectivity index (χ3n) is 2.44. The summed E-state index contributed by atoms with van der Waals surface area (Å²) in [6.45, 7) is 2.01. The molecule has 0 fully saturated rings. The quantitative estimate of drug-likeness (QED) is 0.583. The molecule has 0 saturated heterocycles. The van der Waals surface area contributed by atoms with Crippen LogP contribution in [0.4, 0.5) is 0 Å². The molecule has 82 valence electrons. The highest BCUT2D eigenvalue weighted by Gasteiger charge is 2.15. The Morgan fingerprint density at radius 3 is 2.62 bits per heavy atom. The van der Waals surface area contributed by atoms with Crippen molar-refractivity contribution in [3.8, 4) is 0 Å². The highest BCUT2D eigenvalue weighted by molar-refractivity contribution is 5.30. The summed E-state index contributed by atoms with van der Waals surface area (Å²) in [5.74, 6) is 5.56. The van der Waals surface area contributed by atoms with Crippen LogP contribution in [0.15, 0.2) is 37.1 Å². The van der Waals surface area contributed by atoms with E-state index in [9.17, 15) is 0 Å². The maximum Gasteiger partial charge on any atom is 0.0914 e. The molecule has 1 atom stereocenters. The predicted molar refractivity (Wildman–Crippen MR) is 60.2 cm³/mol. The molecule has 0 aliphatic carbocycles. The summed E-state index contributed by atoms with van der Waals surface area (Å²) >= 11 is 0. The lowest BCUT2D eigenvalue weighted by atomic mass is 10.0. The number of pyridine rings is 1. The highest BCUT2D eigenvalue weighted by atomic mass is 15.2. The van der Waals surface area contributed by atoms with E-state index >= 15 is 0 Å². The van der Waals surface area contributed by atoms with E-state index in [0.29, 0.717) is 0 Å². The molecular formula is C11H13N5. The topological polar surface area (TPSA) is 76.7 Å². The van der Waals surface area contributed by atoms with Gasteiger partial charge in [0.05, 0.1) is 17.9 Å². The van der Waals surface area contributed by atoms with Gasteiger partial charge < -0.3 is 0 Å². The minimum Gasteiger partial charge on any atom is -0.271 e. The fourth-order valence-electron chi connectivity index (χ4n) is 1.57. The Balaban J connectivity index is 2.41. The van der Waals surface area contributed by atoms with E-state index in [1.807, 2.05) is 13.0 Å². The number of rotatable bonds is 3. The third-order valence-corrected chi connectivity index (χ3v) is 2.44.